The zero-order valence-corrected chi connectivity index (χ0v) is 28.7. The molecule has 4 aromatic carbocycles. The first-order chi connectivity index (χ1) is 21.5. The lowest BCUT2D eigenvalue weighted by molar-refractivity contribution is -0.140. The number of sulfonamides is 1. The molecule has 0 spiro atoms. The number of amides is 2. The molecule has 45 heavy (non-hydrogen) atoms. The molecule has 7 nitrogen and oxygen atoms in total. The van der Waals surface area contributed by atoms with Crippen LogP contribution in [0.25, 0.3) is 0 Å². The largest absolute Gasteiger partial charge is 0.354 e. The smallest absolute Gasteiger partial charge is 0.264 e. The van der Waals surface area contributed by atoms with Crippen LogP contribution in [0, 0.1) is 13.8 Å². The van der Waals surface area contributed by atoms with Gasteiger partial charge in [-0.05, 0) is 73.4 Å². The fourth-order valence-corrected chi connectivity index (χ4v) is 6.81. The van der Waals surface area contributed by atoms with Gasteiger partial charge in [0.05, 0.1) is 10.6 Å². The lowest BCUT2D eigenvalue weighted by Gasteiger charge is -2.34. The predicted molar refractivity (Wildman–Crippen MR) is 184 cm³/mol. The molecule has 0 fully saturated rings. The number of hydrogen-bond donors (Lipinski definition) is 1. The summed E-state index contributed by atoms with van der Waals surface area (Å²) in [5.41, 5.74) is 3.48. The summed E-state index contributed by atoms with van der Waals surface area (Å²) in [6, 6.07) is 27.5. The predicted octanol–water partition coefficient (Wildman–Crippen LogP) is 7.08. The van der Waals surface area contributed by atoms with Crippen molar-refractivity contribution in [3.8, 4) is 0 Å². The summed E-state index contributed by atoms with van der Waals surface area (Å²) in [4.78, 5) is 29.8. The van der Waals surface area contributed by atoms with E-state index < -0.39 is 28.5 Å². The SMILES string of the molecule is CCCNC(=O)C(Cc1ccccc1)N(Cc1ccc(Br)cc1)C(=O)CN(c1cc(Cl)ccc1C)S(=O)(=O)c1ccc(C)cc1. The van der Waals surface area contributed by atoms with Crippen LogP contribution in [0.4, 0.5) is 5.69 Å². The average molecular weight is 711 g/mol. The van der Waals surface area contributed by atoms with E-state index >= 15 is 0 Å². The van der Waals surface area contributed by atoms with Crippen LogP contribution in [-0.4, -0.2) is 44.3 Å². The van der Waals surface area contributed by atoms with Crippen LogP contribution in [0.3, 0.4) is 0 Å². The van der Waals surface area contributed by atoms with Gasteiger partial charge in [-0.15, -0.1) is 0 Å². The van der Waals surface area contributed by atoms with Crippen molar-refractivity contribution in [1.29, 1.82) is 0 Å². The molecule has 236 valence electrons. The van der Waals surface area contributed by atoms with Crippen molar-refractivity contribution < 1.29 is 18.0 Å². The zero-order chi connectivity index (χ0) is 32.6. The minimum absolute atomic E-state index is 0.0428. The summed E-state index contributed by atoms with van der Waals surface area (Å²) in [6.45, 7) is 5.59. The van der Waals surface area contributed by atoms with Crippen molar-refractivity contribution in [2.24, 2.45) is 0 Å². The minimum atomic E-state index is -4.22. The molecule has 1 N–H and O–H groups in total. The van der Waals surface area contributed by atoms with E-state index in [4.69, 9.17) is 11.6 Å². The molecular formula is C35H37BrClN3O4S. The normalized spacial score (nSPS) is 11.9. The number of nitrogens with zero attached hydrogens (tertiary/aromatic N) is 2. The van der Waals surface area contributed by atoms with Crippen molar-refractivity contribution in [1.82, 2.24) is 10.2 Å². The van der Waals surface area contributed by atoms with E-state index in [-0.39, 0.29) is 29.5 Å². The third kappa shape index (κ3) is 8.96. The Morgan fingerprint density at radius 3 is 2.20 bits per heavy atom. The van der Waals surface area contributed by atoms with Gasteiger partial charge in [0.1, 0.15) is 12.6 Å². The molecule has 0 aliphatic carbocycles. The van der Waals surface area contributed by atoms with E-state index in [1.807, 2.05) is 68.4 Å². The highest BCUT2D eigenvalue weighted by Gasteiger charge is 2.35. The van der Waals surface area contributed by atoms with Crippen LogP contribution in [0.5, 0.6) is 0 Å². The number of benzene rings is 4. The number of aryl methyl sites for hydroxylation is 2. The van der Waals surface area contributed by atoms with Gasteiger partial charge in [0.2, 0.25) is 11.8 Å². The van der Waals surface area contributed by atoms with Gasteiger partial charge in [-0.1, -0.05) is 101 Å². The fourth-order valence-electron chi connectivity index (χ4n) is 4.91. The first-order valence-corrected chi connectivity index (χ1v) is 17.3. The van der Waals surface area contributed by atoms with Crippen molar-refractivity contribution in [3.63, 3.8) is 0 Å². The van der Waals surface area contributed by atoms with Gasteiger partial charge in [-0.25, -0.2) is 8.42 Å². The quantitative estimate of drug-likeness (QED) is 0.161. The maximum absolute atomic E-state index is 14.5. The van der Waals surface area contributed by atoms with E-state index in [1.54, 1.807) is 37.3 Å². The van der Waals surface area contributed by atoms with Crippen molar-refractivity contribution in [2.45, 2.75) is 51.1 Å². The molecule has 10 heteroatoms. The molecular weight excluding hydrogens is 674 g/mol. The molecule has 0 heterocycles. The first kappa shape index (κ1) is 34.2. The van der Waals surface area contributed by atoms with Crippen molar-refractivity contribution in [3.05, 3.63) is 129 Å². The fraction of sp³-hybridized carbons (Fsp3) is 0.257. The second kappa shape index (κ2) is 15.6. The standard InChI is InChI=1S/C35H37BrClN3O4S/c1-4-20-38-35(42)33(21-27-8-6-5-7-9-27)39(23-28-13-15-29(36)16-14-28)34(41)24-40(32-22-30(37)17-12-26(32)3)45(43,44)31-18-10-25(2)11-19-31/h5-19,22,33H,4,20-21,23-24H2,1-3H3,(H,38,42). The van der Waals surface area contributed by atoms with E-state index in [1.165, 1.54) is 17.0 Å². The molecule has 2 amide bonds. The topological polar surface area (TPSA) is 86.8 Å². The highest BCUT2D eigenvalue weighted by Crippen LogP contribution is 2.30. The number of carbonyl (C=O) groups excluding carboxylic acids is 2. The summed E-state index contributed by atoms with van der Waals surface area (Å²) >= 11 is 9.81. The molecule has 1 atom stereocenters. The minimum Gasteiger partial charge on any atom is -0.354 e. The molecule has 0 radical (unpaired) electrons. The summed E-state index contributed by atoms with van der Waals surface area (Å²) in [5.74, 6) is -0.835. The van der Waals surface area contributed by atoms with Crippen molar-refractivity contribution in [2.75, 3.05) is 17.4 Å². The van der Waals surface area contributed by atoms with Crippen LogP contribution in [0.1, 0.15) is 35.6 Å². The van der Waals surface area contributed by atoms with Gasteiger partial charge in [0.25, 0.3) is 10.0 Å². The Morgan fingerprint density at radius 2 is 1.56 bits per heavy atom. The van der Waals surface area contributed by atoms with Crippen LogP contribution in [-0.2, 0) is 32.6 Å². The lowest BCUT2D eigenvalue weighted by atomic mass is 10.0. The Balaban J connectivity index is 1.82. The van der Waals surface area contributed by atoms with Gasteiger partial charge in [0.15, 0.2) is 0 Å². The van der Waals surface area contributed by atoms with Crippen molar-refractivity contribution >= 4 is 55.1 Å². The van der Waals surface area contributed by atoms with Gasteiger partial charge in [0, 0.05) is 29.0 Å². The molecule has 0 aliphatic heterocycles. The third-order valence-electron chi connectivity index (χ3n) is 7.41. The Kier molecular flexibility index (Phi) is 11.8. The maximum atomic E-state index is 14.5. The number of nitrogens with one attached hydrogen (secondary N) is 1. The van der Waals surface area contributed by atoms with Crippen LogP contribution in [0.15, 0.2) is 106 Å². The highest BCUT2D eigenvalue weighted by atomic mass is 79.9. The average Bonchev–Trinajstić information content (AvgIpc) is 3.03. The van der Waals surface area contributed by atoms with Gasteiger partial charge < -0.3 is 10.2 Å². The zero-order valence-electron chi connectivity index (χ0n) is 25.5. The molecule has 1 unspecified atom stereocenters. The summed E-state index contributed by atoms with van der Waals surface area (Å²) in [5, 5.41) is 3.29. The molecule has 0 aromatic heterocycles. The van der Waals surface area contributed by atoms with E-state index in [0.29, 0.717) is 17.1 Å². The Hall–Kier alpha value is -3.66. The monoisotopic (exact) mass is 709 g/mol. The Morgan fingerprint density at radius 1 is 0.889 bits per heavy atom. The third-order valence-corrected chi connectivity index (χ3v) is 9.95. The summed E-state index contributed by atoms with van der Waals surface area (Å²) in [6.07, 6.45) is 0.973. The lowest BCUT2D eigenvalue weighted by Crippen LogP contribution is -2.53. The van der Waals surface area contributed by atoms with Crippen LogP contribution in [0.2, 0.25) is 5.02 Å². The second-order valence-corrected chi connectivity index (χ2v) is 14.1. The maximum Gasteiger partial charge on any atom is 0.264 e. The van der Waals surface area contributed by atoms with Gasteiger partial charge in [-0.3, -0.25) is 13.9 Å². The van der Waals surface area contributed by atoms with Crippen LogP contribution >= 0.6 is 27.5 Å². The summed E-state index contributed by atoms with van der Waals surface area (Å²) in [7, 11) is -4.22. The van der Waals surface area contributed by atoms with E-state index in [0.717, 1.165) is 31.9 Å². The second-order valence-electron chi connectivity index (χ2n) is 10.9. The molecule has 4 rings (SSSR count). The number of rotatable bonds is 13. The van der Waals surface area contributed by atoms with E-state index in [9.17, 15) is 18.0 Å². The van der Waals surface area contributed by atoms with E-state index in [2.05, 4.69) is 21.2 Å². The number of halogens is 2. The van der Waals surface area contributed by atoms with Crippen LogP contribution < -0.4 is 9.62 Å². The number of anilines is 1. The van der Waals surface area contributed by atoms with Gasteiger partial charge >= 0.3 is 0 Å². The number of carbonyl (C=O) groups is 2. The molecule has 0 saturated carbocycles. The number of hydrogen-bond acceptors (Lipinski definition) is 4. The Labute approximate surface area is 279 Å². The molecule has 0 saturated heterocycles. The first-order valence-electron chi connectivity index (χ1n) is 14.7. The molecule has 4 aromatic rings. The molecule has 0 aliphatic rings. The Bertz CT molecular complexity index is 1720. The molecule has 0 bridgehead atoms. The summed E-state index contributed by atoms with van der Waals surface area (Å²) < 4.78 is 30.4. The highest BCUT2D eigenvalue weighted by molar-refractivity contribution is 9.10. The van der Waals surface area contributed by atoms with Gasteiger partial charge in [-0.2, -0.15) is 0 Å².